The lowest BCUT2D eigenvalue weighted by atomic mass is 9.95. The second kappa shape index (κ2) is 8.84. The number of morpholine rings is 1. The van der Waals surface area contributed by atoms with E-state index in [-0.39, 0.29) is 23.7 Å². The second-order valence-corrected chi connectivity index (χ2v) is 10.1. The van der Waals surface area contributed by atoms with Gasteiger partial charge in [0.05, 0.1) is 17.1 Å². The molecule has 168 valence electrons. The van der Waals surface area contributed by atoms with E-state index in [2.05, 4.69) is 18.7 Å². The van der Waals surface area contributed by atoms with Crippen LogP contribution in [0.3, 0.4) is 0 Å². The zero-order valence-electron chi connectivity index (χ0n) is 17.1. The molecule has 0 bridgehead atoms. The Bertz CT molecular complexity index is 840. The molecular weight excluding hydrogens is 421 g/mol. The summed E-state index contributed by atoms with van der Waals surface area (Å²) in [4.78, 5) is 15.9. The van der Waals surface area contributed by atoms with Crippen LogP contribution in [0.1, 0.15) is 37.0 Å². The van der Waals surface area contributed by atoms with Crippen LogP contribution in [0.2, 0.25) is 0 Å². The first kappa shape index (κ1) is 23.0. The maximum absolute atomic E-state index is 12.7. The molecule has 2 atom stereocenters. The van der Waals surface area contributed by atoms with Crippen LogP contribution in [0, 0.1) is 5.92 Å². The van der Waals surface area contributed by atoms with Gasteiger partial charge in [0, 0.05) is 38.3 Å². The largest absolute Gasteiger partial charge is 0.501 e. The van der Waals surface area contributed by atoms with Crippen molar-refractivity contribution < 1.29 is 31.1 Å². The van der Waals surface area contributed by atoms with E-state index in [9.17, 15) is 26.4 Å². The maximum atomic E-state index is 12.7. The van der Waals surface area contributed by atoms with Crippen LogP contribution >= 0.6 is 0 Å². The standard InChI is InChI=1S/C20H27F3N2O4S/c1-14-11-24(12-15(2)29-14)13-16-7-9-25(10-8-16)19(26)17-3-5-18(6-4-17)30(27,28)20(21,22)23/h3-6,14-16H,7-13H2,1-2H3. The molecule has 0 N–H and O–H groups in total. The number of likely N-dealkylation sites (tertiary alicyclic amines) is 1. The van der Waals surface area contributed by atoms with E-state index in [0.717, 1.165) is 56.7 Å². The van der Waals surface area contributed by atoms with E-state index in [1.54, 1.807) is 4.90 Å². The summed E-state index contributed by atoms with van der Waals surface area (Å²) in [6.07, 6.45) is 2.12. The molecule has 2 aliphatic heterocycles. The average molecular weight is 449 g/mol. The summed E-state index contributed by atoms with van der Waals surface area (Å²) in [6.45, 7) is 8.03. The highest BCUT2D eigenvalue weighted by Gasteiger charge is 2.46. The first-order chi connectivity index (χ1) is 14.0. The number of nitrogens with zero attached hydrogens (tertiary/aromatic N) is 2. The van der Waals surface area contributed by atoms with E-state index in [4.69, 9.17) is 4.74 Å². The lowest BCUT2D eigenvalue weighted by molar-refractivity contribution is -0.0728. The van der Waals surface area contributed by atoms with E-state index >= 15 is 0 Å². The molecule has 30 heavy (non-hydrogen) atoms. The summed E-state index contributed by atoms with van der Waals surface area (Å²) >= 11 is 0. The van der Waals surface area contributed by atoms with Crippen LogP contribution < -0.4 is 0 Å². The predicted octanol–water partition coefficient (Wildman–Crippen LogP) is 2.94. The van der Waals surface area contributed by atoms with Crippen LogP contribution in [0.5, 0.6) is 0 Å². The van der Waals surface area contributed by atoms with Crippen molar-refractivity contribution in [3.8, 4) is 0 Å². The number of hydrogen-bond donors (Lipinski definition) is 0. The molecule has 0 radical (unpaired) electrons. The number of benzene rings is 1. The van der Waals surface area contributed by atoms with Crippen molar-refractivity contribution in [1.82, 2.24) is 9.80 Å². The smallest absolute Gasteiger partial charge is 0.373 e. The molecule has 1 aromatic rings. The van der Waals surface area contributed by atoms with Gasteiger partial charge in [-0.1, -0.05) is 0 Å². The number of carbonyl (C=O) groups is 1. The third-order valence-electron chi connectivity index (χ3n) is 5.63. The minimum absolute atomic E-state index is 0.186. The Kier molecular flexibility index (Phi) is 6.78. The number of sulfone groups is 1. The summed E-state index contributed by atoms with van der Waals surface area (Å²) in [5, 5.41) is 0. The molecule has 0 saturated carbocycles. The number of amides is 1. The molecule has 6 nitrogen and oxygen atoms in total. The fourth-order valence-electron chi connectivity index (χ4n) is 4.21. The Labute approximate surface area is 174 Å². The zero-order valence-corrected chi connectivity index (χ0v) is 17.9. The van der Waals surface area contributed by atoms with Crippen molar-refractivity contribution in [1.29, 1.82) is 0 Å². The molecule has 10 heteroatoms. The Morgan fingerprint density at radius 1 is 1.07 bits per heavy atom. The molecule has 2 saturated heterocycles. The fraction of sp³-hybridized carbons (Fsp3) is 0.650. The van der Waals surface area contributed by atoms with Crippen LogP contribution in [-0.4, -0.2) is 74.6 Å². The van der Waals surface area contributed by atoms with E-state index in [0.29, 0.717) is 19.0 Å². The average Bonchev–Trinajstić information content (AvgIpc) is 2.66. The number of alkyl halides is 3. The lowest BCUT2D eigenvalue weighted by Crippen LogP contribution is -2.48. The highest BCUT2D eigenvalue weighted by Crippen LogP contribution is 2.30. The van der Waals surface area contributed by atoms with Gasteiger partial charge in [0.15, 0.2) is 0 Å². The van der Waals surface area contributed by atoms with Gasteiger partial charge in [0.1, 0.15) is 0 Å². The number of halogens is 3. The number of piperidine rings is 1. The Balaban J connectivity index is 1.55. The van der Waals surface area contributed by atoms with Gasteiger partial charge >= 0.3 is 5.51 Å². The molecule has 3 rings (SSSR count). The van der Waals surface area contributed by atoms with Gasteiger partial charge in [0.25, 0.3) is 15.7 Å². The Morgan fingerprint density at radius 2 is 1.60 bits per heavy atom. The molecule has 2 heterocycles. The molecule has 0 spiro atoms. The van der Waals surface area contributed by atoms with Gasteiger partial charge in [-0.15, -0.1) is 0 Å². The minimum atomic E-state index is -5.41. The summed E-state index contributed by atoms with van der Waals surface area (Å²) in [5.74, 6) is 0.184. The third kappa shape index (κ3) is 5.15. The molecule has 1 aromatic carbocycles. The van der Waals surface area contributed by atoms with E-state index < -0.39 is 20.2 Å². The molecule has 1 amide bonds. The van der Waals surface area contributed by atoms with Gasteiger partial charge in [-0.25, -0.2) is 8.42 Å². The van der Waals surface area contributed by atoms with Crippen LogP contribution in [0.25, 0.3) is 0 Å². The Hall–Kier alpha value is -1.65. The summed E-state index contributed by atoms with van der Waals surface area (Å²) < 4.78 is 66.6. The van der Waals surface area contributed by atoms with Crippen molar-refractivity contribution in [2.24, 2.45) is 5.92 Å². The predicted molar refractivity (Wildman–Crippen MR) is 105 cm³/mol. The van der Waals surface area contributed by atoms with E-state index in [1.807, 2.05) is 0 Å². The number of carbonyl (C=O) groups excluding carboxylic acids is 1. The van der Waals surface area contributed by atoms with Gasteiger partial charge in [-0.3, -0.25) is 9.69 Å². The molecule has 0 aliphatic carbocycles. The topological polar surface area (TPSA) is 66.9 Å². The van der Waals surface area contributed by atoms with Crippen molar-refractivity contribution in [3.63, 3.8) is 0 Å². The fourth-order valence-corrected chi connectivity index (χ4v) is 4.97. The quantitative estimate of drug-likeness (QED) is 0.709. The first-order valence-corrected chi connectivity index (χ1v) is 11.5. The maximum Gasteiger partial charge on any atom is 0.501 e. The van der Waals surface area contributed by atoms with Crippen LogP contribution in [-0.2, 0) is 14.6 Å². The Morgan fingerprint density at radius 3 is 2.10 bits per heavy atom. The van der Waals surface area contributed by atoms with Crippen molar-refractivity contribution in [2.45, 2.75) is 49.3 Å². The monoisotopic (exact) mass is 448 g/mol. The van der Waals surface area contributed by atoms with Crippen molar-refractivity contribution >= 4 is 15.7 Å². The SMILES string of the molecule is CC1CN(CC2CCN(C(=O)c3ccc(S(=O)(=O)C(F)(F)F)cc3)CC2)CC(C)O1. The van der Waals surface area contributed by atoms with Crippen LogP contribution in [0.4, 0.5) is 13.2 Å². The summed E-state index contributed by atoms with van der Waals surface area (Å²) in [5.41, 5.74) is -5.18. The molecule has 0 aromatic heterocycles. The molecule has 2 aliphatic rings. The van der Waals surface area contributed by atoms with E-state index in [1.165, 1.54) is 0 Å². The molecule has 2 unspecified atom stereocenters. The number of hydrogen-bond acceptors (Lipinski definition) is 5. The molecule has 2 fully saturated rings. The van der Waals surface area contributed by atoms with Gasteiger partial charge in [0.2, 0.25) is 0 Å². The van der Waals surface area contributed by atoms with Crippen LogP contribution in [0.15, 0.2) is 29.2 Å². The summed E-state index contributed by atoms with van der Waals surface area (Å²) in [6, 6.07) is 3.96. The minimum Gasteiger partial charge on any atom is -0.373 e. The lowest BCUT2D eigenvalue weighted by Gasteiger charge is -2.39. The highest BCUT2D eigenvalue weighted by atomic mass is 32.2. The molecular formula is C20H27F3N2O4S. The zero-order chi connectivity index (χ0) is 22.1. The first-order valence-electron chi connectivity index (χ1n) is 10.1. The van der Waals surface area contributed by atoms with Gasteiger partial charge in [-0.05, 0) is 56.9 Å². The number of rotatable bonds is 4. The van der Waals surface area contributed by atoms with Crippen molar-refractivity contribution in [3.05, 3.63) is 29.8 Å². The van der Waals surface area contributed by atoms with Crippen molar-refractivity contribution in [2.75, 3.05) is 32.7 Å². The summed E-state index contributed by atoms with van der Waals surface area (Å²) in [7, 11) is -5.41. The van der Waals surface area contributed by atoms with Gasteiger partial charge in [-0.2, -0.15) is 13.2 Å². The number of ether oxygens (including phenoxy) is 1. The van der Waals surface area contributed by atoms with Gasteiger partial charge < -0.3 is 9.64 Å². The highest BCUT2D eigenvalue weighted by molar-refractivity contribution is 7.92. The third-order valence-corrected chi connectivity index (χ3v) is 7.13. The second-order valence-electron chi connectivity index (χ2n) is 8.18. The normalized spacial score (nSPS) is 24.8.